The summed E-state index contributed by atoms with van der Waals surface area (Å²) in [4.78, 5) is 19.7. The first-order valence-electron chi connectivity index (χ1n) is 6.66. The van der Waals surface area contributed by atoms with E-state index < -0.39 is 0 Å². The van der Waals surface area contributed by atoms with Crippen LogP contribution in [0.5, 0.6) is 0 Å². The summed E-state index contributed by atoms with van der Waals surface area (Å²) in [5, 5.41) is 3.48. The van der Waals surface area contributed by atoms with Crippen molar-refractivity contribution in [2.24, 2.45) is 0 Å². The van der Waals surface area contributed by atoms with Crippen molar-refractivity contribution < 1.29 is 4.79 Å². The van der Waals surface area contributed by atoms with Gasteiger partial charge in [-0.3, -0.25) is 4.79 Å². The van der Waals surface area contributed by atoms with Gasteiger partial charge in [0.1, 0.15) is 5.82 Å². The standard InChI is InChI=1S/C14H22N4O/c1-17(2)13(19)10-18(3)14-11(5-4-8-15-14)9-16-12-6-7-12/h4-5,8,12,16H,6-7,9-10H2,1-3H3. The predicted octanol–water partition coefficient (Wildman–Crippen LogP) is 0.858. The molecule has 19 heavy (non-hydrogen) atoms. The predicted molar refractivity (Wildman–Crippen MR) is 76.1 cm³/mol. The number of pyridine rings is 1. The fourth-order valence-electron chi connectivity index (χ4n) is 1.87. The van der Waals surface area contributed by atoms with Gasteiger partial charge in [-0.25, -0.2) is 4.98 Å². The van der Waals surface area contributed by atoms with Crippen LogP contribution in [0, 0.1) is 0 Å². The minimum atomic E-state index is 0.0780. The van der Waals surface area contributed by atoms with Gasteiger partial charge < -0.3 is 15.1 Å². The van der Waals surface area contributed by atoms with Crippen LogP contribution in [-0.4, -0.2) is 49.5 Å². The molecule has 1 amide bonds. The Morgan fingerprint density at radius 1 is 1.42 bits per heavy atom. The van der Waals surface area contributed by atoms with Crippen LogP contribution >= 0.6 is 0 Å². The Morgan fingerprint density at radius 3 is 2.79 bits per heavy atom. The maximum atomic E-state index is 11.8. The van der Waals surface area contributed by atoms with E-state index in [0.717, 1.165) is 17.9 Å². The first-order chi connectivity index (χ1) is 9.08. The topological polar surface area (TPSA) is 48.5 Å². The zero-order valence-corrected chi connectivity index (χ0v) is 11.9. The second kappa shape index (κ2) is 6.02. The molecule has 1 saturated carbocycles. The molecule has 1 heterocycles. The normalized spacial score (nSPS) is 14.3. The number of amides is 1. The van der Waals surface area contributed by atoms with Gasteiger partial charge in [0.25, 0.3) is 0 Å². The van der Waals surface area contributed by atoms with Gasteiger partial charge in [0.05, 0.1) is 6.54 Å². The van der Waals surface area contributed by atoms with Crippen LogP contribution in [0.15, 0.2) is 18.3 Å². The average molecular weight is 262 g/mol. The highest BCUT2D eigenvalue weighted by molar-refractivity contribution is 5.80. The highest BCUT2D eigenvalue weighted by atomic mass is 16.2. The Bertz CT molecular complexity index is 443. The van der Waals surface area contributed by atoms with Crippen LogP contribution in [0.25, 0.3) is 0 Å². The first kappa shape index (κ1) is 13.8. The van der Waals surface area contributed by atoms with E-state index >= 15 is 0 Å². The van der Waals surface area contributed by atoms with E-state index in [-0.39, 0.29) is 5.91 Å². The third kappa shape index (κ3) is 3.92. The second-order valence-electron chi connectivity index (χ2n) is 5.29. The molecule has 1 aromatic rings. The third-order valence-corrected chi connectivity index (χ3v) is 3.26. The molecule has 0 bridgehead atoms. The van der Waals surface area contributed by atoms with Gasteiger partial charge >= 0.3 is 0 Å². The van der Waals surface area contributed by atoms with Crippen molar-refractivity contribution in [1.82, 2.24) is 15.2 Å². The van der Waals surface area contributed by atoms with E-state index in [4.69, 9.17) is 0 Å². The van der Waals surface area contributed by atoms with Crippen molar-refractivity contribution in [3.63, 3.8) is 0 Å². The molecule has 0 radical (unpaired) electrons. The third-order valence-electron chi connectivity index (χ3n) is 3.26. The van der Waals surface area contributed by atoms with Gasteiger partial charge in [-0.15, -0.1) is 0 Å². The second-order valence-corrected chi connectivity index (χ2v) is 5.29. The summed E-state index contributed by atoms with van der Waals surface area (Å²) >= 11 is 0. The molecule has 1 N–H and O–H groups in total. The average Bonchev–Trinajstić information content (AvgIpc) is 3.20. The largest absolute Gasteiger partial charge is 0.350 e. The molecule has 1 aliphatic carbocycles. The van der Waals surface area contributed by atoms with E-state index in [1.165, 1.54) is 12.8 Å². The van der Waals surface area contributed by atoms with Crippen LogP contribution in [0.2, 0.25) is 0 Å². The molecule has 0 atom stereocenters. The van der Waals surface area contributed by atoms with Crippen LogP contribution in [0.4, 0.5) is 5.82 Å². The summed E-state index contributed by atoms with van der Waals surface area (Å²) < 4.78 is 0. The fraction of sp³-hybridized carbons (Fsp3) is 0.571. The van der Waals surface area contributed by atoms with Gasteiger partial charge in [0.15, 0.2) is 0 Å². The quantitative estimate of drug-likeness (QED) is 0.826. The molecule has 104 valence electrons. The Morgan fingerprint density at radius 2 is 2.16 bits per heavy atom. The SMILES string of the molecule is CN(C)C(=O)CN(C)c1ncccc1CNC1CC1. The Balaban J connectivity index is 2.02. The van der Waals surface area contributed by atoms with Crippen molar-refractivity contribution in [3.05, 3.63) is 23.9 Å². The van der Waals surface area contributed by atoms with Crippen molar-refractivity contribution in [2.75, 3.05) is 32.6 Å². The molecule has 5 heteroatoms. The molecular formula is C14H22N4O. The number of hydrogen-bond donors (Lipinski definition) is 1. The number of carbonyl (C=O) groups is 1. The van der Waals surface area contributed by atoms with Gasteiger partial charge in [0.2, 0.25) is 5.91 Å². The summed E-state index contributed by atoms with van der Waals surface area (Å²) in [5.74, 6) is 0.958. The number of anilines is 1. The van der Waals surface area contributed by atoms with E-state index in [9.17, 15) is 4.79 Å². The lowest BCUT2D eigenvalue weighted by Crippen LogP contribution is -2.35. The van der Waals surface area contributed by atoms with Crippen molar-refractivity contribution in [3.8, 4) is 0 Å². The summed E-state index contributed by atoms with van der Waals surface area (Å²) in [6.07, 6.45) is 4.31. The Kier molecular flexibility index (Phi) is 4.37. The molecule has 2 rings (SSSR count). The lowest BCUT2D eigenvalue weighted by Gasteiger charge is -2.22. The monoisotopic (exact) mass is 262 g/mol. The maximum absolute atomic E-state index is 11.8. The number of hydrogen-bond acceptors (Lipinski definition) is 4. The molecule has 0 unspecified atom stereocenters. The van der Waals surface area contributed by atoms with Crippen molar-refractivity contribution >= 4 is 11.7 Å². The van der Waals surface area contributed by atoms with Gasteiger partial charge in [-0.05, 0) is 18.9 Å². The van der Waals surface area contributed by atoms with E-state index in [0.29, 0.717) is 12.6 Å². The molecule has 0 spiro atoms. The zero-order valence-electron chi connectivity index (χ0n) is 11.9. The van der Waals surface area contributed by atoms with Crippen molar-refractivity contribution in [2.45, 2.75) is 25.4 Å². The molecule has 1 aliphatic rings. The number of rotatable bonds is 6. The summed E-state index contributed by atoms with van der Waals surface area (Å²) in [7, 11) is 5.44. The minimum absolute atomic E-state index is 0.0780. The number of aromatic nitrogens is 1. The van der Waals surface area contributed by atoms with Crippen LogP contribution < -0.4 is 10.2 Å². The zero-order chi connectivity index (χ0) is 13.8. The van der Waals surface area contributed by atoms with Gasteiger partial charge in [0, 0.05) is 45.5 Å². The lowest BCUT2D eigenvalue weighted by atomic mass is 10.2. The highest BCUT2D eigenvalue weighted by Crippen LogP contribution is 2.21. The Labute approximate surface area is 114 Å². The summed E-state index contributed by atoms with van der Waals surface area (Å²) in [6, 6.07) is 4.67. The molecule has 0 aliphatic heterocycles. The van der Waals surface area contributed by atoms with Crippen LogP contribution in [0.3, 0.4) is 0 Å². The highest BCUT2D eigenvalue weighted by Gasteiger charge is 2.21. The van der Waals surface area contributed by atoms with E-state index in [1.807, 2.05) is 18.0 Å². The molecule has 1 fully saturated rings. The molecule has 5 nitrogen and oxygen atoms in total. The van der Waals surface area contributed by atoms with E-state index in [2.05, 4.69) is 16.4 Å². The number of nitrogens with one attached hydrogen (secondary N) is 1. The minimum Gasteiger partial charge on any atom is -0.350 e. The smallest absolute Gasteiger partial charge is 0.241 e. The molecule has 1 aromatic heterocycles. The number of likely N-dealkylation sites (N-methyl/N-ethyl adjacent to an activating group) is 2. The van der Waals surface area contributed by atoms with E-state index in [1.54, 1.807) is 25.2 Å². The summed E-state index contributed by atoms with van der Waals surface area (Å²) in [5.41, 5.74) is 1.14. The van der Waals surface area contributed by atoms with Gasteiger partial charge in [-0.1, -0.05) is 6.07 Å². The molecule has 0 saturated heterocycles. The van der Waals surface area contributed by atoms with Crippen LogP contribution in [-0.2, 0) is 11.3 Å². The Hall–Kier alpha value is -1.62. The fourth-order valence-corrected chi connectivity index (χ4v) is 1.87. The molecule has 0 aromatic carbocycles. The van der Waals surface area contributed by atoms with Crippen LogP contribution in [0.1, 0.15) is 18.4 Å². The maximum Gasteiger partial charge on any atom is 0.241 e. The summed E-state index contributed by atoms with van der Waals surface area (Å²) in [6.45, 7) is 1.16. The first-order valence-corrected chi connectivity index (χ1v) is 6.66. The van der Waals surface area contributed by atoms with Gasteiger partial charge in [-0.2, -0.15) is 0 Å². The lowest BCUT2D eigenvalue weighted by molar-refractivity contribution is -0.127. The van der Waals surface area contributed by atoms with Crippen molar-refractivity contribution in [1.29, 1.82) is 0 Å². The number of carbonyl (C=O) groups excluding carboxylic acids is 1. The molecular weight excluding hydrogens is 240 g/mol. The number of nitrogens with zero attached hydrogens (tertiary/aromatic N) is 3.